The number of hydrogen-bond acceptors (Lipinski definition) is 6. The fourth-order valence-electron chi connectivity index (χ4n) is 2.81. The van der Waals surface area contributed by atoms with Crippen LogP contribution in [-0.4, -0.2) is 33.6 Å². The number of carbonyl (C=O) groups excluding carboxylic acids is 2. The summed E-state index contributed by atoms with van der Waals surface area (Å²) in [5, 5.41) is 8.93. The van der Waals surface area contributed by atoms with Crippen LogP contribution in [0.3, 0.4) is 0 Å². The van der Waals surface area contributed by atoms with Crippen molar-refractivity contribution in [1.82, 2.24) is 19.9 Å². The number of nitrogens with one attached hydrogen (secondary N) is 1. The molecule has 0 aliphatic rings. The Morgan fingerprint density at radius 3 is 2.70 bits per heavy atom. The van der Waals surface area contributed by atoms with Gasteiger partial charge in [0.05, 0.1) is 12.0 Å². The molecule has 0 saturated carbocycles. The first-order valence-corrected chi connectivity index (χ1v) is 9.59. The lowest BCUT2D eigenvalue weighted by molar-refractivity contribution is 0.0594. The molecule has 0 aliphatic carbocycles. The smallest absolute Gasteiger partial charge is 0.356 e. The number of halogens is 2. The number of hydrogen-bond donors (Lipinski definition) is 1. The van der Waals surface area contributed by atoms with Crippen molar-refractivity contribution < 1.29 is 23.1 Å². The van der Waals surface area contributed by atoms with Gasteiger partial charge in [-0.25, -0.2) is 23.1 Å². The maximum atomic E-state index is 13.4. The summed E-state index contributed by atoms with van der Waals surface area (Å²) in [6.07, 6.45) is 0. The van der Waals surface area contributed by atoms with Crippen LogP contribution in [0.5, 0.6) is 0 Å². The topological polar surface area (TPSA) is 85.6 Å². The first kappa shape index (κ1) is 19.6. The predicted molar refractivity (Wildman–Crippen MR) is 105 cm³/mol. The molecule has 7 nitrogen and oxygen atoms in total. The number of esters is 1. The molecule has 0 atom stereocenters. The zero-order valence-electron chi connectivity index (χ0n) is 15.6. The first-order chi connectivity index (χ1) is 14.5. The lowest BCUT2D eigenvalue weighted by Gasteiger charge is -2.09. The molecule has 0 spiro atoms. The van der Waals surface area contributed by atoms with Crippen LogP contribution in [0, 0.1) is 11.6 Å². The number of amides is 1. The molecule has 152 valence electrons. The van der Waals surface area contributed by atoms with Gasteiger partial charge in [-0.3, -0.25) is 4.79 Å². The summed E-state index contributed by atoms with van der Waals surface area (Å²) in [6, 6.07) is 10.0. The SMILES string of the molecule is COC(=O)c1cc(C(=O)NCc2ccc(F)c(F)c2)n2nc(-c3cccs3)cc2n1. The van der Waals surface area contributed by atoms with Crippen molar-refractivity contribution in [2.24, 2.45) is 0 Å². The van der Waals surface area contributed by atoms with Gasteiger partial charge in [0.2, 0.25) is 0 Å². The average molecular weight is 428 g/mol. The van der Waals surface area contributed by atoms with Gasteiger partial charge >= 0.3 is 5.97 Å². The fourth-order valence-corrected chi connectivity index (χ4v) is 3.49. The highest BCUT2D eigenvalue weighted by atomic mass is 32.1. The summed E-state index contributed by atoms with van der Waals surface area (Å²) in [7, 11) is 1.21. The van der Waals surface area contributed by atoms with Gasteiger partial charge in [0.25, 0.3) is 5.91 Å². The monoisotopic (exact) mass is 428 g/mol. The number of thiophene rings is 1. The Hall–Kier alpha value is -3.66. The number of fused-ring (bicyclic) bond motifs is 1. The standard InChI is InChI=1S/C20H14F2N4O3S/c1-29-20(28)15-8-16(19(27)23-10-11-4-5-12(21)13(22)7-11)26-18(24-15)9-14(25-26)17-3-2-6-30-17/h2-9H,10H2,1H3,(H,23,27). The number of benzene rings is 1. The van der Waals surface area contributed by atoms with Gasteiger partial charge in [0, 0.05) is 18.7 Å². The molecule has 0 unspecified atom stereocenters. The molecule has 0 aliphatic heterocycles. The molecule has 1 N–H and O–H groups in total. The van der Waals surface area contributed by atoms with Crippen molar-refractivity contribution in [2.75, 3.05) is 7.11 Å². The average Bonchev–Trinajstić information content (AvgIpc) is 3.42. The zero-order chi connectivity index (χ0) is 21.3. The van der Waals surface area contributed by atoms with Crippen molar-refractivity contribution in [1.29, 1.82) is 0 Å². The summed E-state index contributed by atoms with van der Waals surface area (Å²) in [5.41, 5.74) is 1.25. The van der Waals surface area contributed by atoms with E-state index in [4.69, 9.17) is 4.74 Å². The first-order valence-electron chi connectivity index (χ1n) is 8.71. The fraction of sp³-hybridized carbons (Fsp3) is 0.100. The number of methoxy groups -OCH3 is 1. The van der Waals surface area contributed by atoms with Crippen LogP contribution in [0.1, 0.15) is 26.5 Å². The molecular formula is C20H14F2N4O3S. The number of rotatable bonds is 5. The van der Waals surface area contributed by atoms with Gasteiger partial charge in [-0.1, -0.05) is 12.1 Å². The van der Waals surface area contributed by atoms with Crippen LogP contribution < -0.4 is 5.32 Å². The largest absolute Gasteiger partial charge is 0.464 e. The number of nitrogens with zero attached hydrogens (tertiary/aromatic N) is 3. The molecule has 0 fully saturated rings. The molecule has 3 heterocycles. The van der Waals surface area contributed by atoms with Crippen LogP contribution in [0.25, 0.3) is 16.2 Å². The summed E-state index contributed by atoms with van der Waals surface area (Å²) < 4.78 is 32.5. The van der Waals surface area contributed by atoms with E-state index in [-0.39, 0.29) is 17.9 Å². The quantitative estimate of drug-likeness (QED) is 0.492. The van der Waals surface area contributed by atoms with E-state index in [1.807, 2.05) is 17.5 Å². The normalized spacial score (nSPS) is 10.9. The van der Waals surface area contributed by atoms with E-state index in [0.29, 0.717) is 16.9 Å². The van der Waals surface area contributed by atoms with E-state index in [0.717, 1.165) is 17.0 Å². The summed E-state index contributed by atoms with van der Waals surface area (Å²) >= 11 is 1.47. The maximum absolute atomic E-state index is 13.4. The van der Waals surface area contributed by atoms with Crippen LogP contribution >= 0.6 is 11.3 Å². The highest BCUT2D eigenvalue weighted by Crippen LogP contribution is 2.25. The van der Waals surface area contributed by atoms with E-state index >= 15 is 0 Å². The second-order valence-corrected chi connectivity index (χ2v) is 7.17. The molecule has 4 rings (SSSR count). The molecule has 30 heavy (non-hydrogen) atoms. The second kappa shape index (κ2) is 7.99. The van der Waals surface area contributed by atoms with Crippen molar-refractivity contribution >= 4 is 28.9 Å². The third-order valence-electron chi connectivity index (χ3n) is 4.27. The molecule has 1 amide bonds. The van der Waals surface area contributed by atoms with Gasteiger partial charge in [0.15, 0.2) is 23.0 Å². The molecule has 1 aromatic carbocycles. The third-order valence-corrected chi connectivity index (χ3v) is 5.16. The Morgan fingerprint density at radius 2 is 2.00 bits per heavy atom. The van der Waals surface area contributed by atoms with Crippen LogP contribution in [0.2, 0.25) is 0 Å². The van der Waals surface area contributed by atoms with Gasteiger partial charge in [-0.15, -0.1) is 11.3 Å². The molecular weight excluding hydrogens is 414 g/mol. The summed E-state index contributed by atoms with van der Waals surface area (Å²) in [4.78, 5) is 29.9. The molecule has 0 bridgehead atoms. The van der Waals surface area contributed by atoms with E-state index < -0.39 is 23.5 Å². The number of aromatic nitrogens is 3. The van der Waals surface area contributed by atoms with E-state index in [2.05, 4.69) is 15.4 Å². The lowest BCUT2D eigenvalue weighted by Crippen LogP contribution is -2.26. The van der Waals surface area contributed by atoms with E-state index in [1.165, 1.54) is 35.1 Å². The van der Waals surface area contributed by atoms with Crippen LogP contribution in [-0.2, 0) is 11.3 Å². The van der Waals surface area contributed by atoms with Crippen molar-refractivity contribution in [3.05, 3.63) is 76.4 Å². The predicted octanol–water partition coefficient (Wildman–Crippen LogP) is 3.45. The van der Waals surface area contributed by atoms with Gasteiger partial charge in [-0.05, 0) is 29.1 Å². The minimum atomic E-state index is -1.01. The van der Waals surface area contributed by atoms with Crippen LogP contribution in [0.4, 0.5) is 8.78 Å². The Kier molecular flexibility index (Phi) is 5.23. The summed E-state index contributed by atoms with van der Waals surface area (Å²) in [6.45, 7) is -0.0491. The molecule has 4 aromatic rings. The van der Waals surface area contributed by atoms with E-state index in [1.54, 1.807) is 6.07 Å². The Morgan fingerprint density at radius 1 is 1.17 bits per heavy atom. The molecule has 0 saturated heterocycles. The molecule has 0 radical (unpaired) electrons. The zero-order valence-corrected chi connectivity index (χ0v) is 16.4. The van der Waals surface area contributed by atoms with Gasteiger partial charge in [-0.2, -0.15) is 5.10 Å². The summed E-state index contributed by atoms with van der Waals surface area (Å²) in [5.74, 6) is -3.25. The number of carbonyl (C=O) groups is 2. The van der Waals surface area contributed by atoms with Crippen molar-refractivity contribution in [3.63, 3.8) is 0 Å². The van der Waals surface area contributed by atoms with Crippen molar-refractivity contribution in [2.45, 2.75) is 6.54 Å². The Labute approximate surface area is 172 Å². The minimum absolute atomic E-state index is 0.0470. The number of ether oxygens (including phenoxy) is 1. The molecule has 10 heteroatoms. The Bertz CT molecular complexity index is 1250. The van der Waals surface area contributed by atoms with Gasteiger partial charge in [0.1, 0.15) is 11.4 Å². The lowest BCUT2D eigenvalue weighted by atomic mass is 10.2. The highest BCUT2D eigenvalue weighted by Gasteiger charge is 2.20. The van der Waals surface area contributed by atoms with Gasteiger partial charge < -0.3 is 10.1 Å². The highest BCUT2D eigenvalue weighted by molar-refractivity contribution is 7.13. The third kappa shape index (κ3) is 3.77. The Balaban J connectivity index is 1.70. The van der Waals surface area contributed by atoms with E-state index in [9.17, 15) is 18.4 Å². The molecule has 3 aromatic heterocycles. The van der Waals surface area contributed by atoms with Crippen LogP contribution in [0.15, 0.2) is 47.8 Å². The maximum Gasteiger partial charge on any atom is 0.356 e. The van der Waals surface area contributed by atoms with Crippen molar-refractivity contribution in [3.8, 4) is 10.6 Å². The second-order valence-electron chi connectivity index (χ2n) is 6.23. The minimum Gasteiger partial charge on any atom is -0.464 e.